The molecule has 94 valence electrons. The smallest absolute Gasteiger partial charge is 0.162 e. The predicted octanol–water partition coefficient (Wildman–Crippen LogP) is 2.85. The van der Waals surface area contributed by atoms with Crippen molar-refractivity contribution >= 4 is 11.5 Å². The van der Waals surface area contributed by atoms with E-state index >= 15 is 0 Å². The summed E-state index contributed by atoms with van der Waals surface area (Å²) in [7, 11) is 0. The molecule has 1 rings (SSSR count). The highest BCUT2D eigenvalue weighted by molar-refractivity contribution is 5.96. The number of rotatable bonds is 7. The number of carbonyl (C=O) groups excluding carboxylic acids is 1. The molecule has 3 nitrogen and oxygen atoms in total. The minimum atomic E-state index is -0.235. The molecule has 17 heavy (non-hydrogen) atoms. The van der Waals surface area contributed by atoms with Gasteiger partial charge in [-0.15, -0.1) is 0 Å². The minimum absolute atomic E-state index is 0.172. The van der Waals surface area contributed by atoms with E-state index in [1.807, 2.05) is 31.2 Å². The molecule has 0 spiro atoms. The van der Waals surface area contributed by atoms with Gasteiger partial charge in [0.25, 0.3) is 0 Å². The Kier molecular flexibility index (Phi) is 5.70. The first-order valence-corrected chi connectivity index (χ1v) is 6.18. The molecule has 0 heterocycles. The SMILES string of the molecule is CCC(=O)c1ccc(NCCCC(C)O)cc1. The number of carbonyl (C=O) groups is 1. The van der Waals surface area contributed by atoms with E-state index in [0.717, 1.165) is 30.6 Å². The van der Waals surface area contributed by atoms with Gasteiger partial charge >= 0.3 is 0 Å². The van der Waals surface area contributed by atoms with E-state index < -0.39 is 0 Å². The molecular weight excluding hydrogens is 214 g/mol. The van der Waals surface area contributed by atoms with E-state index in [0.29, 0.717) is 6.42 Å². The van der Waals surface area contributed by atoms with Crippen LogP contribution in [0.5, 0.6) is 0 Å². The van der Waals surface area contributed by atoms with Gasteiger partial charge in [-0.1, -0.05) is 6.92 Å². The van der Waals surface area contributed by atoms with Crippen LogP contribution in [0.25, 0.3) is 0 Å². The second-order valence-electron chi connectivity index (χ2n) is 4.27. The van der Waals surface area contributed by atoms with Gasteiger partial charge in [-0.05, 0) is 44.0 Å². The maximum absolute atomic E-state index is 11.4. The minimum Gasteiger partial charge on any atom is -0.393 e. The third-order valence-electron chi connectivity index (χ3n) is 2.66. The number of ketones is 1. The summed E-state index contributed by atoms with van der Waals surface area (Å²) in [5.74, 6) is 0.172. The second-order valence-corrected chi connectivity index (χ2v) is 4.27. The first-order valence-electron chi connectivity index (χ1n) is 6.18. The third-order valence-corrected chi connectivity index (χ3v) is 2.66. The lowest BCUT2D eigenvalue weighted by atomic mass is 10.1. The molecular formula is C14H21NO2. The number of hydrogen-bond donors (Lipinski definition) is 2. The second kappa shape index (κ2) is 7.07. The fourth-order valence-corrected chi connectivity index (χ4v) is 1.61. The molecule has 0 amide bonds. The van der Waals surface area contributed by atoms with Crippen molar-refractivity contribution in [1.82, 2.24) is 0 Å². The summed E-state index contributed by atoms with van der Waals surface area (Å²) in [4.78, 5) is 11.4. The van der Waals surface area contributed by atoms with Crippen molar-refractivity contribution in [3.05, 3.63) is 29.8 Å². The molecule has 0 fully saturated rings. The summed E-state index contributed by atoms with van der Waals surface area (Å²) in [5.41, 5.74) is 1.78. The molecule has 0 aliphatic rings. The maximum Gasteiger partial charge on any atom is 0.162 e. The van der Waals surface area contributed by atoms with Crippen LogP contribution in [0.3, 0.4) is 0 Å². The molecule has 3 heteroatoms. The van der Waals surface area contributed by atoms with Gasteiger partial charge in [0.2, 0.25) is 0 Å². The van der Waals surface area contributed by atoms with Crippen LogP contribution in [0.2, 0.25) is 0 Å². The Morgan fingerprint density at radius 3 is 2.53 bits per heavy atom. The average Bonchev–Trinajstić information content (AvgIpc) is 2.34. The maximum atomic E-state index is 11.4. The van der Waals surface area contributed by atoms with Crippen molar-refractivity contribution in [2.45, 2.75) is 39.2 Å². The fraction of sp³-hybridized carbons (Fsp3) is 0.500. The Hall–Kier alpha value is -1.35. The Balaban J connectivity index is 2.38. The number of hydrogen-bond acceptors (Lipinski definition) is 3. The van der Waals surface area contributed by atoms with Crippen LogP contribution in [0, 0.1) is 0 Å². The highest BCUT2D eigenvalue weighted by atomic mass is 16.3. The lowest BCUT2D eigenvalue weighted by Crippen LogP contribution is -2.06. The molecule has 1 aromatic rings. The zero-order valence-corrected chi connectivity index (χ0v) is 10.6. The third kappa shape index (κ3) is 5.00. The van der Waals surface area contributed by atoms with E-state index in [4.69, 9.17) is 5.11 Å². The van der Waals surface area contributed by atoms with Crippen molar-refractivity contribution < 1.29 is 9.90 Å². The fourth-order valence-electron chi connectivity index (χ4n) is 1.61. The Labute approximate surface area is 103 Å². The zero-order chi connectivity index (χ0) is 12.7. The Morgan fingerprint density at radius 1 is 1.35 bits per heavy atom. The van der Waals surface area contributed by atoms with Crippen LogP contribution in [0.4, 0.5) is 5.69 Å². The van der Waals surface area contributed by atoms with E-state index in [1.54, 1.807) is 6.92 Å². The standard InChI is InChI=1S/C14H21NO2/c1-3-14(17)12-6-8-13(9-7-12)15-10-4-5-11(2)16/h6-9,11,15-16H,3-5,10H2,1-2H3. The van der Waals surface area contributed by atoms with E-state index in [1.165, 1.54) is 0 Å². The van der Waals surface area contributed by atoms with Crippen LogP contribution in [-0.4, -0.2) is 23.5 Å². The summed E-state index contributed by atoms with van der Waals surface area (Å²) >= 11 is 0. The molecule has 0 radical (unpaired) electrons. The summed E-state index contributed by atoms with van der Waals surface area (Å²) in [6.45, 7) is 4.50. The number of aliphatic hydroxyl groups excluding tert-OH is 1. The molecule has 0 aliphatic heterocycles. The van der Waals surface area contributed by atoms with E-state index in [2.05, 4.69) is 5.32 Å². The number of nitrogens with one attached hydrogen (secondary N) is 1. The highest BCUT2D eigenvalue weighted by Crippen LogP contribution is 2.11. The summed E-state index contributed by atoms with van der Waals surface area (Å²) in [6.07, 6.45) is 2.05. The average molecular weight is 235 g/mol. The molecule has 0 aliphatic carbocycles. The van der Waals surface area contributed by atoms with Crippen molar-refractivity contribution in [3.63, 3.8) is 0 Å². The first-order chi connectivity index (χ1) is 8.13. The molecule has 2 N–H and O–H groups in total. The van der Waals surface area contributed by atoms with Gasteiger partial charge in [0.05, 0.1) is 6.10 Å². The quantitative estimate of drug-likeness (QED) is 0.564. The van der Waals surface area contributed by atoms with Gasteiger partial charge in [-0.3, -0.25) is 4.79 Å². The van der Waals surface area contributed by atoms with Gasteiger partial charge in [0.1, 0.15) is 0 Å². The van der Waals surface area contributed by atoms with Crippen molar-refractivity contribution in [2.75, 3.05) is 11.9 Å². The molecule has 1 atom stereocenters. The van der Waals surface area contributed by atoms with Crippen molar-refractivity contribution in [2.24, 2.45) is 0 Å². The Bertz CT molecular complexity index is 344. The highest BCUT2D eigenvalue weighted by Gasteiger charge is 2.02. The van der Waals surface area contributed by atoms with Gasteiger partial charge in [0.15, 0.2) is 5.78 Å². The molecule has 0 aromatic heterocycles. The van der Waals surface area contributed by atoms with Crippen molar-refractivity contribution in [1.29, 1.82) is 0 Å². The summed E-state index contributed by atoms with van der Waals surface area (Å²) < 4.78 is 0. The number of aliphatic hydroxyl groups is 1. The van der Waals surface area contributed by atoms with Crippen LogP contribution in [0.15, 0.2) is 24.3 Å². The largest absolute Gasteiger partial charge is 0.393 e. The summed E-state index contributed by atoms with van der Waals surface area (Å²) in [6, 6.07) is 7.54. The molecule has 0 saturated carbocycles. The monoisotopic (exact) mass is 235 g/mol. The van der Waals surface area contributed by atoms with E-state index in [-0.39, 0.29) is 11.9 Å². The molecule has 0 saturated heterocycles. The van der Waals surface area contributed by atoms with Gasteiger partial charge < -0.3 is 10.4 Å². The number of anilines is 1. The first kappa shape index (κ1) is 13.7. The van der Waals surface area contributed by atoms with Crippen LogP contribution >= 0.6 is 0 Å². The normalized spacial score (nSPS) is 12.2. The van der Waals surface area contributed by atoms with Crippen LogP contribution in [0.1, 0.15) is 43.5 Å². The van der Waals surface area contributed by atoms with Gasteiger partial charge in [0, 0.05) is 24.2 Å². The zero-order valence-electron chi connectivity index (χ0n) is 10.6. The van der Waals surface area contributed by atoms with Crippen LogP contribution < -0.4 is 5.32 Å². The van der Waals surface area contributed by atoms with E-state index in [9.17, 15) is 4.79 Å². The van der Waals surface area contributed by atoms with Crippen molar-refractivity contribution in [3.8, 4) is 0 Å². The lowest BCUT2D eigenvalue weighted by Gasteiger charge is -2.08. The van der Waals surface area contributed by atoms with Gasteiger partial charge in [-0.2, -0.15) is 0 Å². The number of benzene rings is 1. The lowest BCUT2D eigenvalue weighted by molar-refractivity contribution is 0.0988. The van der Waals surface area contributed by atoms with Gasteiger partial charge in [-0.25, -0.2) is 0 Å². The summed E-state index contributed by atoms with van der Waals surface area (Å²) in [5, 5.41) is 12.4. The predicted molar refractivity (Wildman–Crippen MR) is 70.5 cm³/mol. The molecule has 0 bridgehead atoms. The Morgan fingerprint density at radius 2 is 2.00 bits per heavy atom. The molecule has 1 unspecified atom stereocenters. The topological polar surface area (TPSA) is 49.3 Å². The number of Topliss-reactive ketones (excluding diaryl/α,β-unsaturated/α-hetero) is 1. The van der Waals surface area contributed by atoms with Crippen LogP contribution in [-0.2, 0) is 0 Å². The molecule has 1 aromatic carbocycles.